The van der Waals surface area contributed by atoms with E-state index in [0.29, 0.717) is 0 Å². The van der Waals surface area contributed by atoms with Crippen LogP contribution >= 0.6 is 12.0 Å². The first-order chi connectivity index (χ1) is 10.1. The van der Waals surface area contributed by atoms with E-state index in [2.05, 4.69) is 39.0 Å². The summed E-state index contributed by atoms with van der Waals surface area (Å²) in [4.78, 5) is 1.08. The predicted molar refractivity (Wildman–Crippen MR) is 89.9 cm³/mol. The van der Waals surface area contributed by atoms with Crippen LogP contribution in [-0.2, 0) is 4.18 Å². The van der Waals surface area contributed by atoms with Crippen LogP contribution in [-0.4, -0.2) is 6.10 Å². The van der Waals surface area contributed by atoms with E-state index < -0.39 is 0 Å². The Morgan fingerprint density at radius 2 is 2.05 bits per heavy atom. The van der Waals surface area contributed by atoms with Gasteiger partial charge in [0.25, 0.3) is 0 Å². The lowest BCUT2D eigenvalue weighted by molar-refractivity contribution is 0.279. The quantitative estimate of drug-likeness (QED) is 0.271. The van der Waals surface area contributed by atoms with Crippen molar-refractivity contribution >= 4 is 12.0 Å². The minimum Gasteiger partial charge on any atom is -0.303 e. The molecule has 0 aliphatic heterocycles. The summed E-state index contributed by atoms with van der Waals surface area (Å²) >= 11 is 1.38. The first-order valence-corrected chi connectivity index (χ1v) is 7.95. The number of unbranched alkanes of at least 4 members (excludes halogenated alkanes) is 1. The number of rotatable bonds is 8. The third-order valence-corrected chi connectivity index (χ3v) is 3.73. The number of hydrogen-bond donors (Lipinski definition) is 0. The molecule has 3 heteroatoms. The molecule has 1 aromatic rings. The molecule has 0 aliphatic carbocycles. The zero-order valence-corrected chi connectivity index (χ0v) is 13.8. The van der Waals surface area contributed by atoms with Gasteiger partial charge in [-0.1, -0.05) is 29.3 Å². The third-order valence-electron chi connectivity index (χ3n) is 2.92. The lowest BCUT2D eigenvalue weighted by Crippen LogP contribution is -2.05. The molecule has 0 saturated carbocycles. The van der Waals surface area contributed by atoms with Crippen molar-refractivity contribution in [2.75, 3.05) is 0 Å². The van der Waals surface area contributed by atoms with Gasteiger partial charge in [-0.15, -0.1) is 0 Å². The monoisotopic (exact) mass is 301 g/mol. The van der Waals surface area contributed by atoms with Crippen molar-refractivity contribution in [2.24, 2.45) is 0 Å². The van der Waals surface area contributed by atoms with Crippen LogP contribution in [0.1, 0.15) is 38.7 Å². The van der Waals surface area contributed by atoms with Crippen LogP contribution in [0.15, 0.2) is 53.0 Å². The number of benzene rings is 1. The zero-order valence-electron chi connectivity index (χ0n) is 13.0. The van der Waals surface area contributed by atoms with Gasteiger partial charge in [0, 0.05) is 23.0 Å². The second-order valence-electron chi connectivity index (χ2n) is 5.23. The maximum absolute atomic E-state index is 8.67. The Morgan fingerprint density at radius 1 is 1.33 bits per heavy atom. The van der Waals surface area contributed by atoms with Gasteiger partial charge in [-0.2, -0.15) is 5.26 Å². The van der Waals surface area contributed by atoms with Crippen molar-refractivity contribution in [1.29, 1.82) is 5.26 Å². The number of aryl methyl sites for hydroxylation is 1. The van der Waals surface area contributed by atoms with E-state index >= 15 is 0 Å². The highest BCUT2D eigenvalue weighted by atomic mass is 32.2. The molecule has 21 heavy (non-hydrogen) atoms. The van der Waals surface area contributed by atoms with Gasteiger partial charge in [-0.25, -0.2) is 0 Å². The van der Waals surface area contributed by atoms with Crippen LogP contribution in [0.5, 0.6) is 0 Å². The standard InChI is InChI=1S/C18H23NOS/c1-15(2)7-4-5-8-17(9-6-14-19)20-21-18-12-10-16(3)11-13-18/h6-7,9-13,17H,4-5,8H2,1-3H3/b9-6+. The normalized spacial score (nSPS) is 12.1. The van der Waals surface area contributed by atoms with Crippen molar-refractivity contribution in [1.82, 2.24) is 0 Å². The second kappa shape index (κ2) is 10.3. The van der Waals surface area contributed by atoms with Gasteiger partial charge in [0.2, 0.25) is 0 Å². The van der Waals surface area contributed by atoms with Crippen LogP contribution in [0.4, 0.5) is 0 Å². The zero-order chi connectivity index (χ0) is 15.5. The molecule has 0 N–H and O–H groups in total. The summed E-state index contributed by atoms with van der Waals surface area (Å²) in [7, 11) is 0. The molecule has 1 atom stereocenters. The fourth-order valence-corrected chi connectivity index (χ4v) is 2.39. The lowest BCUT2D eigenvalue weighted by Gasteiger charge is -2.12. The first kappa shape index (κ1) is 17.6. The van der Waals surface area contributed by atoms with E-state index in [4.69, 9.17) is 9.44 Å². The minimum absolute atomic E-state index is 0.0264. The Kier molecular flexibility index (Phi) is 8.57. The van der Waals surface area contributed by atoms with Gasteiger partial charge in [-0.05, 0) is 58.2 Å². The molecule has 1 aromatic carbocycles. The van der Waals surface area contributed by atoms with Gasteiger partial charge in [-0.3, -0.25) is 0 Å². The Hall–Kier alpha value is -1.50. The van der Waals surface area contributed by atoms with E-state index in [1.165, 1.54) is 29.3 Å². The fourth-order valence-electron chi connectivity index (χ4n) is 1.75. The highest BCUT2D eigenvalue weighted by Crippen LogP contribution is 2.23. The van der Waals surface area contributed by atoms with Crippen molar-refractivity contribution < 1.29 is 4.18 Å². The third kappa shape index (κ3) is 8.39. The minimum atomic E-state index is -0.0264. The summed E-state index contributed by atoms with van der Waals surface area (Å²) in [6, 6.07) is 10.3. The average Bonchev–Trinajstić information content (AvgIpc) is 2.47. The number of hydrogen-bond acceptors (Lipinski definition) is 3. The van der Waals surface area contributed by atoms with Crippen molar-refractivity contribution in [2.45, 2.75) is 51.0 Å². The van der Waals surface area contributed by atoms with Gasteiger partial charge in [0.05, 0.1) is 12.2 Å². The molecule has 0 fully saturated rings. The maximum atomic E-state index is 8.67. The number of nitriles is 1. The largest absolute Gasteiger partial charge is 0.303 e. The molecule has 0 radical (unpaired) electrons. The molecule has 0 heterocycles. The molecule has 0 spiro atoms. The van der Waals surface area contributed by atoms with E-state index in [1.807, 2.05) is 24.3 Å². The Morgan fingerprint density at radius 3 is 2.67 bits per heavy atom. The van der Waals surface area contributed by atoms with Gasteiger partial charge in [0.1, 0.15) is 0 Å². The number of nitrogens with zero attached hydrogens (tertiary/aromatic N) is 1. The van der Waals surface area contributed by atoms with Crippen molar-refractivity contribution in [3.63, 3.8) is 0 Å². The first-order valence-electron chi connectivity index (χ1n) is 7.21. The van der Waals surface area contributed by atoms with E-state index in [-0.39, 0.29) is 6.10 Å². The van der Waals surface area contributed by atoms with Crippen LogP contribution in [0.3, 0.4) is 0 Å². The molecule has 112 valence electrons. The van der Waals surface area contributed by atoms with E-state index in [0.717, 1.165) is 24.2 Å². The Labute approximate surface area is 132 Å². The maximum Gasteiger partial charge on any atom is 0.0917 e. The molecule has 2 nitrogen and oxygen atoms in total. The van der Waals surface area contributed by atoms with E-state index in [1.54, 1.807) is 0 Å². The second-order valence-corrected chi connectivity index (χ2v) is 6.06. The predicted octanol–water partition coefficient (Wildman–Crippen LogP) is 5.60. The smallest absolute Gasteiger partial charge is 0.0917 e. The highest BCUT2D eigenvalue weighted by Gasteiger charge is 2.06. The highest BCUT2D eigenvalue weighted by molar-refractivity contribution is 7.94. The Balaban J connectivity index is 2.46. The average molecular weight is 301 g/mol. The summed E-state index contributed by atoms with van der Waals surface area (Å²) in [5.74, 6) is 0. The van der Waals surface area contributed by atoms with E-state index in [9.17, 15) is 0 Å². The van der Waals surface area contributed by atoms with Crippen LogP contribution < -0.4 is 0 Å². The van der Waals surface area contributed by atoms with Gasteiger partial charge in [0.15, 0.2) is 0 Å². The molecular formula is C18H23NOS. The van der Waals surface area contributed by atoms with Crippen molar-refractivity contribution in [3.05, 3.63) is 53.6 Å². The molecule has 0 saturated heterocycles. The fraction of sp³-hybridized carbons (Fsp3) is 0.389. The Bertz CT molecular complexity index is 507. The SMILES string of the molecule is CC(C)=CCCCC(/C=C/C#N)OSc1ccc(C)cc1. The summed E-state index contributed by atoms with van der Waals surface area (Å²) in [5.41, 5.74) is 2.58. The molecule has 0 aromatic heterocycles. The molecule has 1 unspecified atom stereocenters. The van der Waals surface area contributed by atoms with Crippen molar-refractivity contribution in [3.8, 4) is 6.07 Å². The molecule has 0 aliphatic rings. The number of allylic oxidation sites excluding steroid dienone is 3. The summed E-state index contributed by atoms with van der Waals surface area (Å²) in [6.07, 6.45) is 8.57. The topological polar surface area (TPSA) is 33.0 Å². The van der Waals surface area contributed by atoms with Gasteiger partial charge < -0.3 is 4.18 Å². The molecule has 0 amide bonds. The van der Waals surface area contributed by atoms with Crippen LogP contribution in [0.2, 0.25) is 0 Å². The summed E-state index contributed by atoms with van der Waals surface area (Å²) in [5, 5.41) is 8.67. The molecular weight excluding hydrogens is 278 g/mol. The van der Waals surface area contributed by atoms with Crippen LogP contribution in [0.25, 0.3) is 0 Å². The molecule has 0 bridgehead atoms. The lowest BCUT2D eigenvalue weighted by atomic mass is 10.1. The van der Waals surface area contributed by atoms with Gasteiger partial charge >= 0.3 is 0 Å². The summed E-state index contributed by atoms with van der Waals surface area (Å²) in [6.45, 7) is 6.28. The summed E-state index contributed by atoms with van der Waals surface area (Å²) < 4.78 is 5.84. The van der Waals surface area contributed by atoms with Crippen LogP contribution in [0, 0.1) is 18.3 Å². The molecule has 1 rings (SSSR count).